The van der Waals surface area contributed by atoms with E-state index in [1.807, 2.05) is 42.9 Å². The molecule has 0 bridgehead atoms. The summed E-state index contributed by atoms with van der Waals surface area (Å²) >= 11 is 0. The zero-order valence-electron chi connectivity index (χ0n) is 10.8. The average molecular weight is 254 g/mol. The first-order chi connectivity index (χ1) is 9.08. The van der Waals surface area contributed by atoms with Crippen LogP contribution in [-0.2, 0) is 7.05 Å². The van der Waals surface area contributed by atoms with E-state index in [4.69, 9.17) is 5.73 Å². The second-order valence-electron chi connectivity index (χ2n) is 4.60. The average Bonchev–Trinajstić information content (AvgIpc) is 2.92. The van der Waals surface area contributed by atoms with E-state index < -0.39 is 0 Å². The Morgan fingerprint density at radius 2 is 2.11 bits per heavy atom. The lowest BCUT2D eigenvalue weighted by atomic mass is 10.1. The van der Waals surface area contributed by atoms with Crippen molar-refractivity contribution < 1.29 is 4.79 Å². The molecule has 3 aromatic rings. The zero-order chi connectivity index (χ0) is 13.6. The number of rotatable bonds is 1. The summed E-state index contributed by atoms with van der Waals surface area (Å²) < 4.78 is 3.17. The fraction of sp³-hybridized carbons (Fsp3) is 0.143. The highest BCUT2D eigenvalue weighted by Crippen LogP contribution is 2.21. The van der Waals surface area contributed by atoms with Crippen LogP contribution in [0.3, 0.4) is 0 Å². The lowest BCUT2D eigenvalue weighted by Crippen LogP contribution is -2.17. The number of benzene rings is 1. The van der Waals surface area contributed by atoms with Crippen molar-refractivity contribution in [1.82, 2.24) is 14.3 Å². The summed E-state index contributed by atoms with van der Waals surface area (Å²) in [5.74, 6) is 0.145. The Balaban J connectivity index is 2.22. The van der Waals surface area contributed by atoms with Crippen molar-refractivity contribution >= 4 is 22.6 Å². The largest absolute Gasteiger partial charge is 0.383 e. The van der Waals surface area contributed by atoms with Gasteiger partial charge in [0.15, 0.2) is 0 Å². The molecule has 0 unspecified atom stereocenters. The van der Waals surface area contributed by atoms with E-state index in [0.29, 0.717) is 11.4 Å². The Morgan fingerprint density at radius 3 is 2.79 bits per heavy atom. The Hall–Kier alpha value is -2.56. The molecule has 0 saturated heterocycles. The summed E-state index contributed by atoms with van der Waals surface area (Å²) in [6.07, 6.45) is 1.93. The molecular formula is C14H14N4O. The summed E-state index contributed by atoms with van der Waals surface area (Å²) in [6, 6.07) is 9.29. The van der Waals surface area contributed by atoms with E-state index in [1.165, 1.54) is 4.68 Å². The first kappa shape index (κ1) is 11.5. The van der Waals surface area contributed by atoms with Crippen LogP contribution >= 0.6 is 0 Å². The monoisotopic (exact) mass is 254 g/mol. The molecule has 0 saturated carbocycles. The summed E-state index contributed by atoms with van der Waals surface area (Å²) in [5, 5.41) is 5.16. The molecule has 5 nitrogen and oxygen atoms in total. The summed E-state index contributed by atoms with van der Waals surface area (Å²) in [6.45, 7) is 1.81. The Labute approximate surface area is 110 Å². The van der Waals surface area contributed by atoms with Gasteiger partial charge in [-0.3, -0.25) is 4.79 Å². The predicted octanol–water partition coefficient (Wildman–Crippen LogP) is 1.95. The third kappa shape index (κ3) is 1.71. The molecule has 2 heterocycles. The van der Waals surface area contributed by atoms with Gasteiger partial charge in [-0.2, -0.15) is 9.78 Å². The quantitative estimate of drug-likeness (QED) is 0.721. The summed E-state index contributed by atoms with van der Waals surface area (Å²) in [7, 11) is 1.91. The summed E-state index contributed by atoms with van der Waals surface area (Å²) in [4.78, 5) is 12.6. The topological polar surface area (TPSA) is 65.8 Å². The smallest absolute Gasteiger partial charge is 0.282 e. The fourth-order valence-electron chi connectivity index (χ4n) is 2.32. The zero-order valence-corrected chi connectivity index (χ0v) is 10.8. The molecule has 0 radical (unpaired) electrons. The van der Waals surface area contributed by atoms with Crippen LogP contribution in [0.2, 0.25) is 0 Å². The van der Waals surface area contributed by atoms with Gasteiger partial charge in [0.1, 0.15) is 5.82 Å². The van der Waals surface area contributed by atoms with E-state index in [9.17, 15) is 4.79 Å². The van der Waals surface area contributed by atoms with E-state index in [1.54, 1.807) is 12.1 Å². The molecule has 0 atom stereocenters. The molecule has 0 amide bonds. The molecule has 1 aromatic carbocycles. The van der Waals surface area contributed by atoms with Crippen molar-refractivity contribution in [2.75, 3.05) is 5.73 Å². The molecule has 0 spiro atoms. The third-order valence-electron chi connectivity index (χ3n) is 3.18. The molecular weight excluding hydrogens is 240 g/mol. The van der Waals surface area contributed by atoms with Gasteiger partial charge in [0.25, 0.3) is 5.91 Å². The van der Waals surface area contributed by atoms with Crippen molar-refractivity contribution in [3.8, 4) is 0 Å². The van der Waals surface area contributed by atoms with Crippen LogP contribution in [0.15, 0.2) is 36.5 Å². The number of aryl methyl sites for hydroxylation is 2. The van der Waals surface area contributed by atoms with Crippen molar-refractivity contribution in [1.29, 1.82) is 0 Å². The normalized spacial score (nSPS) is 11.1. The van der Waals surface area contributed by atoms with Gasteiger partial charge in [-0.25, -0.2) is 0 Å². The molecule has 0 aliphatic rings. The minimum atomic E-state index is -0.210. The van der Waals surface area contributed by atoms with Crippen molar-refractivity contribution in [3.63, 3.8) is 0 Å². The highest BCUT2D eigenvalue weighted by molar-refractivity contribution is 6.07. The third-order valence-corrected chi connectivity index (χ3v) is 3.18. The molecule has 5 heteroatoms. The van der Waals surface area contributed by atoms with Crippen LogP contribution < -0.4 is 5.73 Å². The minimum Gasteiger partial charge on any atom is -0.383 e. The molecule has 3 rings (SSSR count). The van der Waals surface area contributed by atoms with Crippen LogP contribution in [0.25, 0.3) is 10.9 Å². The molecule has 96 valence electrons. The van der Waals surface area contributed by atoms with E-state index in [-0.39, 0.29) is 5.91 Å². The highest BCUT2D eigenvalue weighted by Gasteiger charge is 2.17. The van der Waals surface area contributed by atoms with Gasteiger partial charge in [0, 0.05) is 24.7 Å². The molecule has 0 fully saturated rings. The first-order valence-corrected chi connectivity index (χ1v) is 5.99. The molecule has 19 heavy (non-hydrogen) atoms. The number of aromatic nitrogens is 3. The lowest BCUT2D eigenvalue weighted by molar-refractivity contribution is 0.0949. The number of nitrogen functional groups attached to an aromatic ring is 1. The number of carbonyl (C=O) groups excluding carboxylic acids is 1. The number of hydrogen-bond acceptors (Lipinski definition) is 3. The van der Waals surface area contributed by atoms with Gasteiger partial charge in [-0.1, -0.05) is 12.1 Å². The van der Waals surface area contributed by atoms with Gasteiger partial charge in [0.05, 0.1) is 16.8 Å². The first-order valence-electron chi connectivity index (χ1n) is 5.99. The fourth-order valence-corrected chi connectivity index (χ4v) is 2.32. The maximum Gasteiger partial charge on any atom is 0.282 e. The van der Waals surface area contributed by atoms with E-state index in [0.717, 1.165) is 16.6 Å². The van der Waals surface area contributed by atoms with Gasteiger partial charge >= 0.3 is 0 Å². The minimum absolute atomic E-state index is 0.210. The number of carbonyl (C=O) groups is 1. The Morgan fingerprint density at radius 1 is 1.32 bits per heavy atom. The number of hydrogen-bond donors (Lipinski definition) is 1. The van der Waals surface area contributed by atoms with Crippen LogP contribution in [0.1, 0.15) is 16.1 Å². The van der Waals surface area contributed by atoms with Crippen LogP contribution in [-0.4, -0.2) is 20.3 Å². The standard InChI is InChI=1S/C14H14N4O/c1-9-8-12(15)18(16-9)14(19)11-5-3-4-10-6-7-17(2)13(10)11/h3-8H,15H2,1-2H3. The lowest BCUT2D eigenvalue weighted by Gasteiger charge is -2.06. The molecule has 2 N–H and O–H groups in total. The number of fused-ring (bicyclic) bond motifs is 1. The van der Waals surface area contributed by atoms with Crippen LogP contribution in [0.5, 0.6) is 0 Å². The second kappa shape index (κ2) is 3.98. The summed E-state index contributed by atoms with van der Waals surface area (Å²) in [5.41, 5.74) is 8.02. The number of anilines is 1. The van der Waals surface area contributed by atoms with Gasteiger partial charge in [-0.05, 0) is 19.1 Å². The van der Waals surface area contributed by atoms with Gasteiger partial charge in [0.2, 0.25) is 0 Å². The highest BCUT2D eigenvalue weighted by atomic mass is 16.2. The second-order valence-corrected chi connectivity index (χ2v) is 4.60. The number of para-hydroxylation sites is 1. The molecule has 0 aliphatic heterocycles. The number of nitrogens with zero attached hydrogens (tertiary/aromatic N) is 3. The maximum absolute atomic E-state index is 12.6. The van der Waals surface area contributed by atoms with Crippen LogP contribution in [0, 0.1) is 6.92 Å². The van der Waals surface area contributed by atoms with Crippen molar-refractivity contribution in [2.45, 2.75) is 6.92 Å². The molecule has 2 aromatic heterocycles. The predicted molar refractivity (Wildman–Crippen MR) is 74.0 cm³/mol. The van der Waals surface area contributed by atoms with Crippen LogP contribution in [0.4, 0.5) is 5.82 Å². The van der Waals surface area contributed by atoms with Crippen molar-refractivity contribution in [2.24, 2.45) is 7.05 Å². The maximum atomic E-state index is 12.6. The van der Waals surface area contributed by atoms with Gasteiger partial charge in [-0.15, -0.1) is 0 Å². The Bertz CT molecular complexity index is 782. The molecule has 0 aliphatic carbocycles. The SMILES string of the molecule is Cc1cc(N)n(C(=O)c2cccc3ccn(C)c23)n1. The Kier molecular flexibility index (Phi) is 2.41. The number of nitrogens with two attached hydrogens (primary N) is 1. The van der Waals surface area contributed by atoms with E-state index in [2.05, 4.69) is 5.10 Å². The van der Waals surface area contributed by atoms with E-state index >= 15 is 0 Å². The van der Waals surface area contributed by atoms with Gasteiger partial charge < -0.3 is 10.3 Å². The van der Waals surface area contributed by atoms with Crippen molar-refractivity contribution in [3.05, 3.63) is 47.8 Å².